The molecule has 5 rings (SSSR count). The van der Waals surface area contributed by atoms with Crippen molar-refractivity contribution in [3.63, 3.8) is 0 Å². The molecule has 1 aliphatic heterocycles. The molecule has 0 aliphatic carbocycles. The van der Waals surface area contributed by atoms with Crippen molar-refractivity contribution in [3.8, 4) is 11.5 Å². The number of nitrogens with two attached hydrogens (primary N) is 1. The standard InChI is InChI=1S/C23H21F3N6O3/c1-34-16-10-13-19(17(26)20(16)35-2)29-23(30-21(13)27)32-5-3-31(4-6-32)22(33)15-8-11-7-12(24)9-14(25)18(11)28-15/h7-10,28H,3-6H2,1-2H3,(H2,27,29,30). The second-order valence-electron chi connectivity index (χ2n) is 8.05. The molecule has 0 bridgehead atoms. The Labute approximate surface area is 197 Å². The lowest BCUT2D eigenvalue weighted by Crippen LogP contribution is -2.49. The Morgan fingerprint density at radius 2 is 1.77 bits per heavy atom. The molecule has 0 atom stereocenters. The number of aromatic nitrogens is 3. The van der Waals surface area contributed by atoms with E-state index in [-0.39, 0.29) is 51.3 Å². The fourth-order valence-electron chi connectivity index (χ4n) is 4.24. The van der Waals surface area contributed by atoms with Gasteiger partial charge in [0.15, 0.2) is 17.3 Å². The molecular weight excluding hydrogens is 465 g/mol. The van der Waals surface area contributed by atoms with Gasteiger partial charge in [0.25, 0.3) is 5.91 Å². The minimum atomic E-state index is -0.767. The third kappa shape index (κ3) is 3.80. The van der Waals surface area contributed by atoms with Gasteiger partial charge in [-0.15, -0.1) is 0 Å². The van der Waals surface area contributed by atoms with Crippen molar-refractivity contribution in [1.82, 2.24) is 19.9 Å². The van der Waals surface area contributed by atoms with Gasteiger partial charge in [-0.05, 0) is 18.2 Å². The maximum Gasteiger partial charge on any atom is 0.270 e. The van der Waals surface area contributed by atoms with Crippen LogP contribution in [0.4, 0.5) is 24.9 Å². The SMILES string of the molecule is COc1cc2c(N)nc(N3CCN(C(=O)c4cc5cc(F)cc(F)c5[nH]4)CC3)nc2c(F)c1OC. The number of carbonyl (C=O) groups excluding carboxylic acids is 1. The molecule has 182 valence electrons. The van der Waals surface area contributed by atoms with Gasteiger partial charge >= 0.3 is 0 Å². The lowest BCUT2D eigenvalue weighted by molar-refractivity contribution is 0.0741. The summed E-state index contributed by atoms with van der Waals surface area (Å²) in [5.74, 6) is -2.16. The van der Waals surface area contributed by atoms with Gasteiger partial charge < -0.3 is 30.0 Å². The first-order chi connectivity index (χ1) is 16.8. The highest BCUT2D eigenvalue weighted by molar-refractivity contribution is 5.98. The van der Waals surface area contributed by atoms with E-state index >= 15 is 4.39 Å². The topological polar surface area (TPSA) is 110 Å². The third-order valence-electron chi connectivity index (χ3n) is 6.02. The molecule has 0 saturated carbocycles. The van der Waals surface area contributed by atoms with Crippen LogP contribution < -0.4 is 20.1 Å². The van der Waals surface area contributed by atoms with Crippen LogP contribution in [0.5, 0.6) is 11.5 Å². The fraction of sp³-hybridized carbons (Fsp3) is 0.261. The number of carbonyl (C=O) groups is 1. The van der Waals surface area contributed by atoms with E-state index in [1.807, 2.05) is 0 Å². The number of piperazine rings is 1. The van der Waals surface area contributed by atoms with Crippen molar-refractivity contribution in [2.45, 2.75) is 0 Å². The van der Waals surface area contributed by atoms with Crippen molar-refractivity contribution in [2.75, 3.05) is 51.0 Å². The van der Waals surface area contributed by atoms with E-state index < -0.39 is 17.5 Å². The minimum absolute atomic E-state index is 0.00371. The summed E-state index contributed by atoms with van der Waals surface area (Å²) in [5, 5.41) is 0.568. The maximum atomic E-state index is 15.1. The Morgan fingerprint density at radius 3 is 2.46 bits per heavy atom. The molecule has 1 saturated heterocycles. The maximum absolute atomic E-state index is 15.1. The number of ether oxygens (including phenoxy) is 2. The van der Waals surface area contributed by atoms with Crippen molar-refractivity contribution >= 4 is 39.5 Å². The molecule has 9 nitrogen and oxygen atoms in total. The van der Waals surface area contributed by atoms with Crippen LogP contribution >= 0.6 is 0 Å². The Bertz CT molecular complexity index is 1470. The Kier molecular flexibility index (Phi) is 5.50. The average molecular weight is 486 g/mol. The van der Waals surface area contributed by atoms with Gasteiger partial charge in [-0.25, -0.2) is 18.2 Å². The summed E-state index contributed by atoms with van der Waals surface area (Å²) in [6, 6.07) is 4.86. The summed E-state index contributed by atoms with van der Waals surface area (Å²) >= 11 is 0. The number of aromatic amines is 1. The molecule has 4 aromatic rings. The minimum Gasteiger partial charge on any atom is -0.493 e. The molecule has 0 spiro atoms. The van der Waals surface area contributed by atoms with Gasteiger partial charge in [0.05, 0.1) is 19.7 Å². The molecule has 12 heteroatoms. The average Bonchev–Trinajstić information content (AvgIpc) is 3.28. The first-order valence-corrected chi connectivity index (χ1v) is 10.7. The summed E-state index contributed by atoms with van der Waals surface area (Å²) in [6.45, 7) is 1.32. The first kappa shape index (κ1) is 22.6. The molecule has 0 unspecified atom stereocenters. The number of hydrogen-bond donors (Lipinski definition) is 2. The first-order valence-electron chi connectivity index (χ1n) is 10.7. The van der Waals surface area contributed by atoms with Crippen molar-refractivity contribution < 1.29 is 27.4 Å². The molecule has 3 heterocycles. The predicted octanol–water partition coefficient (Wildman–Crippen LogP) is 3.09. The van der Waals surface area contributed by atoms with Gasteiger partial charge in [-0.3, -0.25) is 4.79 Å². The number of anilines is 2. The number of rotatable bonds is 4. The molecular formula is C23H21F3N6O3. The molecule has 1 amide bonds. The zero-order chi connectivity index (χ0) is 24.9. The van der Waals surface area contributed by atoms with Crippen LogP contribution in [-0.4, -0.2) is 66.2 Å². The zero-order valence-corrected chi connectivity index (χ0v) is 18.9. The van der Waals surface area contributed by atoms with Crippen LogP contribution in [0, 0.1) is 17.5 Å². The monoisotopic (exact) mass is 486 g/mol. The van der Waals surface area contributed by atoms with Crippen molar-refractivity contribution in [3.05, 3.63) is 47.4 Å². The second-order valence-corrected chi connectivity index (χ2v) is 8.05. The zero-order valence-electron chi connectivity index (χ0n) is 18.9. The molecule has 0 radical (unpaired) electrons. The summed E-state index contributed by atoms with van der Waals surface area (Å²) in [7, 11) is 2.71. The van der Waals surface area contributed by atoms with E-state index in [1.165, 1.54) is 26.4 Å². The number of nitrogens with zero attached hydrogens (tertiary/aromatic N) is 4. The van der Waals surface area contributed by atoms with Crippen LogP contribution in [0.1, 0.15) is 10.5 Å². The summed E-state index contributed by atoms with van der Waals surface area (Å²) in [6.07, 6.45) is 0. The van der Waals surface area contributed by atoms with E-state index in [1.54, 1.807) is 9.80 Å². The molecule has 35 heavy (non-hydrogen) atoms. The molecule has 1 aliphatic rings. The Morgan fingerprint density at radius 1 is 1.03 bits per heavy atom. The number of nitrogen functional groups attached to an aromatic ring is 1. The second kappa shape index (κ2) is 8.53. The highest BCUT2D eigenvalue weighted by Gasteiger charge is 2.27. The van der Waals surface area contributed by atoms with Crippen LogP contribution in [0.3, 0.4) is 0 Å². The largest absolute Gasteiger partial charge is 0.493 e. The van der Waals surface area contributed by atoms with E-state index in [9.17, 15) is 13.6 Å². The molecule has 3 N–H and O–H groups in total. The lowest BCUT2D eigenvalue weighted by atomic mass is 10.2. The van der Waals surface area contributed by atoms with Crippen molar-refractivity contribution in [1.29, 1.82) is 0 Å². The summed E-state index contributed by atoms with van der Waals surface area (Å²) in [4.78, 5) is 27.7. The highest BCUT2D eigenvalue weighted by Crippen LogP contribution is 2.37. The molecule has 2 aromatic heterocycles. The predicted molar refractivity (Wildman–Crippen MR) is 123 cm³/mol. The Hall–Kier alpha value is -4.22. The van der Waals surface area contributed by atoms with Gasteiger partial charge in [-0.2, -0.15) is 4.98 Å². The number of benzene rings is 2. The lowest BCUT2D eigenvalue weighted by Gasteiger charge is -2.34. The van der Waals surface area contributed by atoms with Crippen LogP contribution in [-0.2, 0) is 0 Å². The smallest absolute Gasteiger partial charge is 0.270 e. The number of amides is 1. The van der Waals surface area contributed by atoms with Gasteiger partial charge in [0.2, 0.25) is 5.95 Å². The van der Waals surface area contributed by atoms with E-state index in [0.717, 1.165) is 12.1 Å². The van der Waals surface area contributed by atoms with Crippen LogP contribution in [0.25, 0.3) is 21.8 Å². The normalized spacial score (nSPS) is 14.1. The third-order valence-corrected chi connectivity index (χ3v) is 6.02. The number of hydrogen-bond acceptors (Lipinski definition) is 7. The van der Waals surface area contributed by atoms with Crippen LogP contribution in [0.2, 0.25) is 0 Å². The van der Waals surface area contributed by atoms with Crippen molar-refractivity contribution in [2.24, 2.45) is 0 Å². The highest BCUT2D eigenvalue weighted by atomic mass is 19.1. The quantitative estimate of drug-likeness (QED) is 0.456. The number of fused-ring (bicyclic) bond motifs is 2. The van der Waals surface area contributed by atoms with Gasteiger partial charge in [-0.1, -0.05) is 0 Å². The van der Waals surface area contributed by atoms with E-state index in [4.69, 9.17) is 15.2 Å². The van der Waals surface area contributed by atoms with E-state index in [2.05, 4.69) is 15.0 Å². The molecule has 1 fully saturated rings. The van der Waals surface area contributed by atoms with E-state index in [0.29, 0.717) is 31.6 Å². The number of halogens is 3. The number of methoxy groups -OCH3 is 2. The Balaban J connectivity index is 1.37. The summed E-state index contributed by atoms with van der Waals surface area (Å²) in [5.41, 5.74) is 6.32. The van der Waals surface area contributed by atoms with Gasteiger partial charge in [0.1, 0.15) is 28.7 Å². The fourth-order valence-corrected chi connectivity index (χ4v) is 4.24. The number of nitrogens with one attached hydrogen (secondary N) is 1. The van der Waals surface area contributed by atoms with Gasteiger partial charge in [0, 0.05) is 43.0 Å². The summed E-state index contributed by atoms with van der Waals surface area (Å²) < 4.78 is 52.8. The number of H-pyrrole nitrogens is 1. The molecule has 2 aromatic carbocycles. The van der Waals surface area contributed by atoms with Crippen LogP contribution in [0.15, 0.2) is 24.3 Å².